The molecule has 4 rings (SSSR count). The number of fused-ring (bicyclic) bond motifs is 1. The molecule has 8 nitrogen and oxygen atoms in total. The lowest BCUT2D eigenvalue weighted by Crippen LogP contribution is -2.42. The van der Waals surface area contributed by atoms with Crippen molar-refractivity contribution in [2.24, 2.45) is 5.73 Å². The Labute approximate surface area is 218 Å². The second-order valence-electron chi connectivity index (χ2n) is 8.46. The van der Waals surface area contributed by atoms with Crippen molar-refractivity contribution < 1.29 is 40.3 Å². The van der Waals surface area contributed by atoms with E-state index in [0.29, 0.717) is 12.1 Å². The molecule has 2 amide bonds. The number of nitrogens with one attached hydrogen (secondary N) is 1. The molecule has 1 aliphatic rings. The average Bonchev–Trinajstić information content (AvgIpc) is 3.46. The Kier molecular flexibility index (Phi) is 8.46. The summed E-state index contributed by atoms with van der Waals surface area (Å²) in [5.74, 6) is -6.14. The Hall–Kier alpha value is -3.52. The molecule has 15 heteroatoms. The van der Waals surface area contributed by atoms with Gasteiger partial charge in [-0.05, 0) is 30.2 Å². The molecule has 3 aromatic rings. The number of nitrogens with two attached hydrogens (primary N) is 1. The van der Waals surface area contributed by atoms with Gasteiger partial charge in [-0.1, -0.05) is 0 Å². The summed E-state index contributed by atoms with van der Waals surface area (Å²) in [5, 5.41) is 2.34. The van der Waals surface area contributed by atoms with Crippen LogP contribution in [0.4, 0.5) is 26.3 Å². The van der Waals surface area contributed by atoms with Gasteiger partial charge in [-0.3, -0.25) is 9.59 Å². The first-order valence-electron chi connectivity index (χ1n) is 11.0. The first-order chi connectivity index (χ1) is 17.4. The van der Waals surface area contributed by atoms with Crippen LogP contribution in [0.2, 0.25) is 0 Å². The Morgan fingerprint density at radius 1 is 1.13 bits per heavy atom. The van der Waals surface area contributed by atoms with Crippen molar-refractivity contribution in [1.29, 1.82) is 0 Å². The highest BCUT2D eigenvalue weighted by Gasteiger charge is 2.41. The fourth-order valence-electron chi connectivity index (χ4n) is 4.13. The molecule has 3 heterocycles. The first-order valence-corrected chi connectivity index (χ1v) is 11.0. The summed E-state index contributed by atoms with van der Waals surface area (Å²) in [4.78, 5) is 29.7. The molecule has 2 aromatic heterocycles. The third-order valence-electron chi connectivity index (χ3n) is 5.91. The number of aromatic nitrogens is 2. The molecule has 0 saturated carbocycles. The quantitative estimate of drug-likeness (QED) is 0.350. The van der Waals surface area contributed by atoms with Gasteiger partial charge in [-0.15, -0.1) is 12.4 Å². The molecule has 0 unspecified atom stereocenters. The van der Waals surface area contributed by atoms with Crippen LogP contribution in [-0.4, -0.2) is 45.9 Å². The van der Waals surface area contributed by atoms with Gasteiger partial charge in [0.2, 0.25) is 11.7 Å². The number of hydrogen-bond acceptors (Lipinski definition) is 5. The molecule has 0 aliphatic carbocycles. The summed E-state index contributed by atoms with van der Waals surface area (Å²) >= 11 is 0. The molecule has 0 radical (unpaired) electrons. The number of halogens is 7. The van der Waals surface area contributed by atoms with Gasteiger partial charge < -0.3 is 24.9 Å². The number of amides is 2. The molecule has 38 heavy (non-hydrogen) atoms. The number of furan rings is 1. The zero-order valence-corrected chi connectivity index (χ0v) is 20.6. The van der Waals surface area contributed by atoms with E-state index >= 15 is 0 Å². The first kappa shape index (κ1) is 29.0. The van der Waals surface area contributed by atoms with Gasteiger partial charge in [-0.2, -0.15) is 13.2 Å². The van der Waals surface area contributed by atoms with Crippen LogP contribution in [-0.2, 0) is 30.5 Å². The van der Waals surface area contributed by atoms with Crippen LogP contribution in [0.1, 0.15) is 34.1 Å². The van der Waals surface area contributed by atoms with Gasteiger partial charge in [0.05, 0.1) is 12.2 Å². The van der Waals surface area contributed by atoms with Crippen molar-refractivity contribution in [1.82, 2.24) is 19.8 Å². The lowest BCUT2D eigenvalue weighted by Gasteiger charge is -2.30. The Morgan fingerprint density at radius 2 is 1.82 bits per heavy atom. The zero-order valence-electron chi connectivity index (χ0n) is 19.7. The van der Waals surface area contributed by atoms with Crippen LogP contribution >= 0.6 is 12.4 Å². The van der Waals surface area contributed by atoms with Crippen LogP contribution in [0.5, 0.6) is 0 Å². The third kappa shape index (κ3) is 5.80. The molecule has 0 bridgehead atoms. The smallest absolute Gasteiger partial charge is 0.449 e. The van der Waals surface area contributed by atoms with Crippen molar-refractivity contribution in [3.8, 4) is 11.5 Å². The minimum absolute atomic E-state index is 0. The minimum Gasteiger partial charge on any atom is -0.449 e. The second kappa shape index (κ2) is 11.1. The van der Waals surface area contributed by atoms with Crippen LogP contribution in [0.15, 0.2) is 28.7 Å². The SMILES string of the molecule is CNC(=O)c1ccc(-c2nc(C(F)(F)F)n3c2CN(C(=O)C[C@H](N)Cc2cc(F)c(F)cc2F)CC3)o1.Cl. The lowest BCUT2D eigenvalue weighted by atomic mass is 10.0. The van der Waals surface area contributed by atoms with E-state index in [2.05, 4.69) is 10.3 Å². The number of rotatable bonds is 6. The number of benzene rings is 1. The number of carbonyl (C=O) groups excluding carboxylic acids is 2. The molecular formula is C23H22ClF6N5O3. The van der Waals surface area contributed by atoms with E-state index in [9.17, 15) is 35.9 Å². The zero-order chi connectivity index (χ0) is 27.1. The van der Waals surface area contributed by atoms with E-state index in [-0.39, 0.29) is 73.4 Å². The van der Waals surface area contributed by atoms with Crippen molar-refractivity contribution >= 4 is 24.2 Å². The summed E-state index contributed by atoms with van der Waals surface area (Å²) in [6.07, 6.45) is -5.37. The molecule has 0 saturated heterocycles. The standard InChI is InChI=1S/C23H21F6N5O3.ClH/c1-31-21(36)18-3-2-17(37-18)20-16-10-33(4-5-34(16)22(32-20)23(27,28)29)19(35)8-12(30)6-11-7-14(25)15(26)9-13(11)24;/h2-3,7,9,12H,4-6,8,10,30H2,1H3,(H,31,36);1H/t12-;/m1./s1. The summed E-state index contributed by atoms with van der Waals surface area (Å²) in [6.45, 7) is -0.572. The normalized spacial score (nSPS) is 14.1. The Balaban J connectivity index is 0.00000400. The highest BCUT2D eigenvalue weighted by molar-refractivity contribution is 5.91. The van der Waals surface area contributed by atoms with Gasteiger partial charge in [0.25, 0.3) is 5.91 Å². The largest absolute Gasteiger partial charge is 0.449 e. The molecule has 3 N–H and O–H groups in total. The van der Waals surface area contributed by atoms with Gasteiger partial charge in [0, 0.05) is 38.7 Å². The Bertz CT molecular complexity index is 1360. The average molecular weight is 566 g/mol. The molecule has 0 fully saturated rings. The third-order valence-corrected chi connectivity index (χ3v) is 5.91. The molecule has 206 valence electrons. The van der Waals surface area contributed by atoms with Crippen LogP contribution in [0.3, 0.4) is 0 Å². The van der Waals surface area contributed by atoms with E-state index < -0.39 is 47.3 Å². The predicted octanol–water partition coefficient (Wildman–Crippen LogP) is 3.66. The number of carbonyl (C=O) groups is 2. The fraction of sp³-hybridized carbons (Fsp3) is 0.348. The summed E-state index contributed by atoms with van der Waals surface area (Å²) in [6, 6.07) is 2.67. The number of imidazole rings is 1. The Morgan fingerprint density at radius 3 is 2.47 bits per heavy atom. The maximum atomic E-state index is 13.9. The summed E-state index contributed by atoms with van der Waals surface area (Å²) < 4.78 is 87.9. The highest BCUT2D eigenvalue weighted by Crippen LogP contribution is 2.36. The van der Waals surface area contributed by atoms with E-state index in [0.717, 1.165) is 4.57 Å². The van der Waals surface area contributed by atoms with Crippen molar-refractivity contribution in [3.05, 3.63) is 64.6 Å². The van der Waals surface area contributed by atoms with E-state index in [1.807, 2.05) is 0 Å². The maximum absolute atomic E-state index is 13.9. The van der Waals surface area contributed by atoms with E-state index in [1.54, 1.807) is 0 Å². The van der Waals surface area contributed by atoms with Crippen LogP contribution in [0, 0.1) is 17.5 Å². The minimum atomic E-state index is -4.79. The monoisotopic (exact) mass is 565 g/mol. The second-order valence-corrected chi connectivity index (χ2v) is 8.46. The fourth-order valence-corrected chi connectivity index (χ4v) is 4.13. The van der Waals surface area contributed by atoms with E-state index in [1.165, 1.54) is 24.1 Å². The number of nitrogens with zero attached hydrogens (tertiary/aromatic N) is 3. The number of alkyl halides is 3. The van der Waals surface area contributed by atoms with Gasteiger partial charge >= 0.3 is 6.18 Å². The molecule has 1 aliphatic heterocycles. The van der Waals surface area contributed by atoms with Crippen LogP contribution < -0.4 is 11.1 Å². The van der Waals surface area contributed by atoms with Gasteiger partial charge in [-0.25, -0.2) is 18.2 Å². The van der Waals surface area contributed by atoms with E-state index in [4.69, 9.17) is 10.2 Å². The predicted molar refractivity (Wildman–Crippen MR) is 124 cm³/mol. The number of hydrogen-bond donors (Lipinski definition) is 2. The lowest BCUT2D eigenvalue weighted by molar-refractivity contribution is -0.148. The summed E-state index contributed by atoms with van der Waals surface area (Å²) in [7, 11) is 1.36. The van der Waals surface area contributed by atoms with Gasteiger partial charge in [0.1, 0.15) is 11.5 Å². The molecule has 0 spiro atoms. The van der Waals surface area contributed by atoms with Crippen molar-refractivity contribution in [3.63, 3.8) is 0 Å². The van der Waals surface area contributed by atoms with Gasteiger partial charge in [0.15, 0.2) is 23.2 Å². The topological polar surface area (TPSA) is 106 Å². The van der Waals surface area contributed by atoms with Crippen molar-refractivity contribution in [2.75, 3.05) is 13.6 Å². The van der Waals surface area contributed by atoms with Crippen molar-refractivity contribution in [2.45, 2.75) is 38.1 Å². The molecule has 1 aromatic carbocycles. The summed E-state index contributed by atoms with van der Waals surface area (Å²) in [5.41, 5.74) is 5.60. The van der Waals surface area contributed by atoms with Crippen LogP contribution in [0.25, 0.3) is 11.5 Å². The molecular weight excluding hydrogens is 544 g/mol. The highest BCUT2D eigenvalue weighted by atomic mass is 35.5. The molecule has 1 atom stereocenters. The maximum Gasteiger partial charge on any atom is 0.449 e.